The Morgan fingerprint density at radius 1 is 1.08 bits per heavy atom. The summed E-state index contributed by atoms with van der Waals surface area (Å²) < 4.78 is 5.32. The van der Waals surface area contributed by atoms with Gasteiger partial charge in [-0.05, 0) is 50.1 Å². The van der Waals surface area contributed by atoms with Crippen molar-refractivity contribution in [2.45, 2.75) is 28.2 Å². The van der Waals surface area contributed by atoms with Gasteiger partial charge in [0.05, 0.1) is 23.1 Å². The lowest BCUT2D eigenvalue weighted by Crippen LogP contribution is -1.90. The van der Waals surface area contributed by atoms with Crippen LogP contribution < -0.4 is 0 Å². The van der Waals surface area contributed by atoms with Crippen LogP contribution in [0.4, 0.5) is 0 Å². The van der Waals surface area contributed by atoms with Crippen LogP contribution in [0.2, 0.25) is 0 Å². The molecule has 122 valence electrons. The second kappa shape index (κ2) is 5.92. The number of nitrogens with one attached hydrogen (secondary N) is 1. The first-order valence-corrected chi connectivity index (χ1v) is 7.46. The Morgan fingerprint density at radius 3 is 2.62 bits per heavy atom. The summed E-state index contributed by atoms with van der Waals surface area (Å²) in [7, 11) is 0. The summed E-state index contributed by atoms with van der Waals surface area (Å²) >= 11 is 0. The Labute approximate surface area is 140 Å². The molecule has 3 heterocycles. The third-order valence-electron chi connectivity index (χ3n) is 4.17. The molecule has 5 heteroatoms. The van der Waals surface area contributed by atoms with Crippen LogP contribution in [-0.4, -0.2) is 20.1 Å². The molecule has 1 N–H and O–H groups in total. The van der Waals surface area contributed by atoms with E-state index in [1.54, 1.807) is 12.5 Å². The van der Waals surface area contributed by atoms with Gasteiger partial charge in [0.15, 0.2) is 0 Å². The highest BCUT2D eigenvalue weighted by molar-refractivity contribution is 5.96. The van der Waals surface area contributed by atoms with Crippen LogP contribution in [0, 0.1) is 20.8 Å². The van der Waals surface area contributed by atoms with Gasteiger partial charge in [-0.2, -0.15) is 0 Å². The van der Waals surface area contributed by atoms with Crippen LogP contribution in [0.15, 0.2) is 41.4 Å². The topological polar surface area (TPSA) is 67.6 Å². The standard InChI is InChI=1S/C18H16N4O.CH4/c1-10-4-5-19-8-15(10)14-6-13(7-16-18(14)21-9-20-16)17-11(2)22-23-12(17)3;/h4-9H,1-3H3,(H,20,21);1H4. The lowest BCUT2D eigenvalue weighted by molar-refractivity contribution is 0.393. The van der Waals surface area contributed by atoms with Crippen LogP contribution in [0.25, 0.3) is 33.3 Å². The number of nitrogens with zero attached hydrogens (tertiary/aromatic N) is 3. The molecule has 0 saturated carbocycles. The molecule has 24 heavy (non-hydrogen) atoms. The van der Waals surface area contributed by atoms with Crippen LogP contribution in [0.3, 0.4) is 0 Å². The molecule has 0 saturated heterocycles. The normalized spacial score (nSPS) is 10.8. The number of benzene rings is 1. The fraction of sp³-hybridized carbons (Fsp3) is 0.211. The minimum absolute atomic E-state index is 0. The first-order valence-electron chi connectivity index (χ1n) is 7.46. The van der Waals surface area contributed by atoms with Crippen molar-refractivity contribution in [2.24, 2.45) is 0 Å². The van der Waals surface area contributed by atoms with Crippen molar-refractivity contribution >= 4 is 11.0 Å². The summed E-state index contributed by atoms with van der Waals surface area (Å²) in [5.41, 5.74) is 8.22. The van der Waals surface area contributed by atoms with Gasteiger partial charge in [0.1, 0.15) is 5.76 Å². The van der Waals surface area contributed by atoms with Crippen LogP contribution in [0.1, 0.15) is 24.4 Å². The largest absolute Gasteiger partial charge is 0.361 e. The third kappa shape index (κ3) is 2.38. The zero-order valence-corrected chi connectivity index (χ0v) is 13.2. The van der Waals surface area contributed by atoms with Gasteiger partial charge in [0, 0.05) is 29.1 Å². The zero-order chi connectivity index (χ0) is 16.0. The van der Waals surface area contributed by atoms with E-state index in [0.717, 1.165) is 44.7 Å². The summed E-state index contributed by atoms with van der Waals surface area (Å²) in [6, 6.07) is 6.24. The molecule has 1 aromatic carbocycles. The average Bonchev–Trinajstić information content (AvgIpc) is 3.13. The molecule has 4 aromatic rings. The van der Waals surface area contributed by atoms with Crippen molar-refractivity contribution in [3.8, 4) is 22.3 Å². The highest BCUT2D eigenvalue weighted by Crippen LogP contribution is 2.35. The predicted octanol–water partition coefficient (Wildman–Crippen LogP) is 4.84. The molecule has 0 aliphatic rings. The van der Waals surface area contributed by atoms with Crippen molar-refractivity contribution < 1.29 is 4.52 Å². The van der Waals surface area contributed by atoms with Gasteiger partial charge in [-0.1, -0.05) is 12.6 Å². The number of fused-ring (bicyclic) bond motifs is 1. The number of rotatable bonds is 2. The van der Waals surface area contributed by atoms with Crippen molar-refractivity contribution in [1.82, 2.24) is 20.1 Å². The Kier molecular flexibility index (Phi) is 3.93. The van der Waals surface area contributed by atoms with Crippen molar-refractivity contribution in [2.75, 3.05) is 0 Å². The molecule has 0 aliphatic carbocycles. The van der Waals surface area contributed by atoms with E-state index in [-0.39, 0.29) is 7.43 Å². The minimum Gasteiger partial charge on any atom is -0.361 e. The fourth-order valence-electron chi connectivity index (χ4n) is 3.04. The Morgan fingerprint density at radius 2 is 1.92 bits per heavy atom. The molecule has 4 rings (SSSR count). The fourth-order valence-corrected chi connectivity index (χ4v) is 3.04. The Balaban J connectivity index is 0.00000169. The molecule has 0 radical (unpaired) electrons. The van der Waals surface area contributed by atoms with E-state index in [2.05, 4.69) is 39.2 Å². The highest BCUT2D eigenvalue weighted by Gasteiger charge is 2.16. The molecule has 0 atom stereocenters. The lowest BCUT2D eigenvalue weighted by atomic mass is 9.95. The maximum Gasteiger partial charge on any atom is 0.141 e. The van der Waals surface area contributed by atoms with Gasteiger partial charge in [-0.3, -0.25) is 4.98 Å². The van der Waals surface area contributed by atoms with Crippen LogP contribution >= 0.6 is 0 Å². The van der Waals surface area contributed by atoms with Gasteiger partial charge in [-0.15, -0.1) is 0 Å². The van der Waals surface area contributed by atoms with Crippen LogP contribution in [-0.2, 0) is 0 Å². The number of imidazole rings is 1. The second-order valence-electron chi connectivity index (χ2n) is 5.71. The van der Waals surface area contributed by atoms with Gasteiger partial charge in [0.25, 0.3) is 0 Å². The highest BCUT2D eigenvalue weighted by atomic mass is 16.5. The molecule has 0 fully saturated rings. The minimum atomic E-state index is 0. The number of pyridine rings is 1. The van der Waals surface area contributed by atoms with E-state index < -0.39 is 0 Å². The number of hydrogen-bond acceptors (Lipinski definition) is 4. The zero-order valence-electron chi connectivity index (χ0n) is 13.2. The molecular formula is C19H20N4O. The number of aromatic nitrogens is 4. The maximum absolute atomic E-state index is 5.32. The maximum atomic E-state index is 5.32. The Hall–Kier alpha value is -2.95. The third-order valence-corrected chi connectivity index (χ3v) is 4.17. The molecule has 0 amide bonds. The quantitative estimate of drug-likeness (QED) is 0.574. The van der Waals surface area contributed by atoms with E-state index in [1.165, 1.54) is 5.56 Å². The SMILES string of the molecule is C.Cc1ccncc1-c1cc(-c2c(C)noc2C)cc2[nH]cnc12. The molecule has 3 aromatic heterocycles. The monoisotopic (exact) mass is 320 g/mol. The molecule has 0 unspecified atom stereocenters. The summed E-state index contributed by atoms with van der Waals surface area (Å²) in [5, 5.41) is 4.07. The smallest absolute Gasteiger partial charge is 0.141 e. The van der Waals surface area contributed by atoms with Crippen molar-refractivity contribution in [1.29, 1.82) is 0 Å². The Bertz CT molecular complexity index is 994. The molecular weight excluding hydrogens is 300 g/mol. The van der Waals surface area contributed by atoms with E-state index >= 15 is 0 Å². The number of H-pyrrole nitrogens is 1. The lowest BCUT2D eigenvalue weighted by Gasteiger charge is -2.09. The van der Waals surface area contributed by atoms with Gasteiger partial charge in [-0.25, -0.2) is 4.98 Å². The number of aryl methyl sites for hydroxylation is 3. The van der Waals surface area contributed by atoms with Gasteiger partial charge in [0.2, 0.25) is 0 Å². The molecule has 0 bridgehead atoms. The van der Waals surface area contributed by atoms with E-state index in [0.29, 0.717) is 0 Å². The van der Waals surface area contributed by atoms with E-state index in [1.807, 2.05) is 26.1 Å². The first kappa shape index (κ1) is 15.9. The second-order valence-corrected chi connectivity index (χ2v) is 5.71. The number of aromatic amines is 1. The predicted molar refractivity (Wildman–Crippen MR) is 95.8 cm³/mol. The van der Waals surface area contributed by atoms with Gasteiger partial charge >= 0.3 is 0 Å². The van der Waals surface area contributed by atoms with Crippen molar-refractivity contribution in [3.05, 3.63) is 53.9 Å². The average molecular weight is 320 g/mol. The first-order chi connectivity index (χ1) is 11.1. The number of hydrogen-bond donors (Lipinski definition) is 1. The van der Waals surface area contributed by atoms with Crippen molar-refractivity contribution in [3.63, 3.8) is 0 Å². The summed E-state index contributed by atoms with van der Waals surface area (Å²) in [4.78, 5) is 12.0. The van der Waals surface area contributed by atoms with E-state index in [4.69, 9.17) is 4.52 Å². The summed E-state index contributed by atoms with van der Waals surface area (Å²) in [5.74, 6) is 0.815. The summed E-state index contributed by atoms with van der Waals surface area (Å²) in [6.45, 7) is 5.97. The van der Waals surface area contributed by atoms with E-state index in [9.17, 15) is 0 Å². The van der Waals surface area contributed by atoms with Crippen LogP contribution in [0.5, 0.6) is 0 Å². The van der Waals surface area contributed by atoms with Gasteiger partial charge < -0.3 is 9.51 Å². The molecule has 0 spiro atoms. The molecule has 0 aliphatic heterocycles. The molecule has 5 nitrogen and oxygen atoms in total. The summed E-state index contributed by atoms with van der Waals surface area (Å²) in [6.07, 6.45) is 5.41.